The molecule has 0 aliphatic carbocycles. The Bertz CT molecular complexity index is 1900. The Labute approximate surface area is 304 Å². The number of carbonyl (C=O) groups excluding carboxylic acids is 3. The van der Waals surface area contributed by atoms with Crippen LogP contribution in [0.1, 0.15) is 49.7 Å². The smallest absolute Gasteiger partial charge is 0.352 e. The van der Waals surface area contributed by atoms with Crippen molar-refractivity contribution in [2.24, 2.45) is 5.16 Å². The van der Waals surface area contributed by atoms with Gasteiger partial charge in [0.25, 0.3) is 17.7 Å². The van der Waals surface area contributed by atoms with Crippen LogP contribution in [0.3, 0.4) is 0 Å². The highest BCUT2D eigenvalue weighted by Crippen LogP contribution is 2.45. The molecule has 278 valence electrons. The van der Waals surface area contributed by atoms with Gasteiger partial charge in [-0.05, 0) is 32.9 Å². The molecule has 1 aromatic heterocycles. The number of hydrogen-bond donors (Lipinski definition) is 6. The van der Waals surface area contributed by atoms with Crippen LogP contribution in [-0.2, 0) is 24.0 Å². The second kappa shape index (κ2) is 13.6. The molecule has 1 aromatic carbocycles. The molecule has 20 heteroatoms. The number of nitrogens with two attached hydrogens (primary N) is 1. The minimum absolute atomic E-state index is 0.00771. The Balaban J connectivity index is 1.20. The highest BCUT2D eigenvalue weighted by Gasteiger charge is 2.57. The minimum Gasteiger partial charge on any atom is -0.504 e. The van der Waals surface area contributed by atoms with Crippen molar-refractivity contribution in [3.8, 4) is 11.5 Å². The van der Waals surface area contributed by atoms with Crippen LogP contribution >= 0.6 is 23.1 Å². The molecule has 3 amide bonds. The zero-order valence-corrected chi connectivity index (χ0v) is 29.9. The Morgan fingerprint density at radius 2 is 1.87 bits per heavy atom. The Hall–Kier alpha value is -4.95. The number of nitrogens with one attached hydrogen (secondary N) is 1. The standard InChI is InChI=1S/C32H36FN7O10S2/c1-14-17(12-40-7-4-16(5-8-40)38(6-9-40)26(44)15-10-18(33)24(42)20(41)11-15)23(29(46)47)39-27(45)22(28(39)52-14)36-25(43)21(19-13-51-31(34)35-19)37-50-32(2,3)30(48)49/h10-11,13-14,16,22,28H,4-9,12H2,1-3H3,(H6-,34,35,36,37,41,42,43,44,46,47,48,49)/p+1/t14-,16?,22+,28+,40?/m0/s1. The van der Waals surface area contributed by atoms with E-state index in [-0.39, 0.29) is 39.9 Å². The second-order valence-corrected chi connectivity index (χ2v) is 16.0. The minimum atomic E-state index is -1.80. The molecule has 4 fully saturated rings. The summed E-state index contributed by atoms with van der Waals surface area (Å²) < 4.78 is 14.6. The molecule has 0 unspecified atom stereocenters. The lowest BCUT2D eigenvalue weighted by Gasteiger charge is -2.52. The Morgan fingerprint density at radius 1 is 1.17 bits per heavy atom. The number of nitrogen functional groups attached to an aromatic ring is 1. The molecule has 0 radical (unpaired) electrons. The fourth-order valence-electron chi connectivity index (χ4n) is 6.95. The van der Waals surface area contributed by atoms with E-state index in [0.717, 1.165) is 23.5 Å². The third kappa shape index (κ3) is 6.60. The number of fused-ring (bicyclic) bond motifs is 5. The van der Waals surface area contributed by atoms with Crippen LogP contribution in [-0.4, -0.2) is 136 Å². The van der Waals surface area contributed by atoms with Gasteiger partial charge in [0.1, 0.15) is 29.4 Å². The van der Waals surface area contributed by atoms with Gasteiger partial charge in [-0.15, -0.1) is 23.1 Å². The van der Waals surface area contributed by atoms with Crippen LogP contribution in [0.25, 0.3) is 0 Å². The first-order chi connectivity index (χ1) is 24.4. The van der Waals surface area contributed by atoms with Gasteiger partial charge in [0.2, 0.25) is 5.60 Å². The Kier molecular flexibility index (Phi) is 9.60. The summed E-state index contributed by atoms with van der Waals surface area (Å²) in [7, 11) is 0. The molecule has 5 aliphatic rings. The van der Waals surface area contributed by atoms with Crippen molar-refractivity contribution in [3.05, 3.63) is 45.9 Å². The SMILES string of the molecule is C[C@@H]1S[C@@H]2[C@H](NC(=O)/C(=N\OC(C)(C)C(=O)O)c3csc(N)n3)C(=O)N2C(C(=O)O)=C1C[N+]12CCC(CC1)N(C(=O)c1cc(O)c(O)c(F)c1)CC2. The predicted octanol–water partition coefficient (Wildman–Crippen LogP) is 1.12. The molecule has 7 rings (SSSR count). The van der Waals surface area contributed by atoms with Crippen LogP contribution in [0.4, 0.5) is 9.52 Å². The number of thiazole rings is 1. The van der Waals surface area contributed by atoms with E-state index in [1.54, 1.807) is 4.90 Å². The normalized spacial score (nSPS) is 26.0. The number of piperidine rings is 1. The summed E-state index contributed by atoms with van der Waals surface area (Å²) in [5.41, 5.74) is 3.79. The van der Waals surface area contributed by atoms with Gasteiger partial charge < -0.3 is 45.7 Å². The summed E-state index contributed by atoms with van der Waals surface area (Å²) in [5, 5.41) is 46.1. The number of rotatable bonds is 10. The molecular formula is C32H37FN7O10S2+. The van der Waals surface area contributed by atoms with E-state index in [9.17, 15) is 48.8 Å². The zero-order valence-electron chi connectivity index (χ0n) is 28.2. The van der Waals surface area contributed by atoms with E-state index in [4.69, 9.17) is 10.6 Å². The van der Waals surface area contributed by atoms with Crippen molar-refractivity contribution >= 4 is 63.6 Å². The summed E-state index contributed by atoms with van der Waals surface area (Å²) in [6, 6.07) is 0.609. The molecule has 2 aromatic rings. The summed E-state index contributed by atoms with van der Waals surface area (Å²) in [6.07, 6.45) is 1.19. The molecule has 4 saturated heterocycles. The number of aliphatic carboxylic acids is 2. The van der Waals surface area contributed by atoms with Crippen LogP contribution < -0.4 is 11.1 Å². The highest BCUT2D eigenvalue weighted by molar-refractivity contribution is 8.00. The third-order valence-electron chi connectivity index (χ3n) is 9.96. The van der Waals surface area contributed by atoms with Gasteiger partial charge >= 0.3 is 11.9 Å². The maximum Gasteiger partial charge on any atom is 0.352 e. The number of thioether (sulfide) groups is 1. The number of aromatic nitrogens is 1. The number of β-lactam (4-membered cyclic amide) rings is 1. The molecule has 17 nitrogen and oxygen atoms in total. The van der Waals surface area contributed by atoms with Gasteiger partial charge in [-0.1, -0.05) is 5.16 Å². The highest BCUT2D eigenvalue weighted by atomic mass is 32.2. The van der Waals surface area contributed by atoms with E-state index >= 15 is 0 Å². The van der Waals surface area contributed by atoms with Crippen molar-refractivity contribution in [1.29, 1.82) is 0 Å². The largest absolute Gasteiger partial charge is 0.504 e. The average Bonchev–Trinajstić information content (AvgIpc) is 3.33. The number of phenols is 2. The molecule has 0 spiro atoms. The molecular weight excluding hydrogens is 726 g/mol. The quantitative estimate of drug-likeness (QED) is 0.0654. The third-order valence-corrected chi connectivity index (χ3v) is 12.1. The zero-order chi connectivity index (χ0) is 37.9. The second-order valence-electron chi connectivity index (χ2n) is 13.7. The maximum atomic E-state index is 14.2. The van der Waals surface area contributed by atoms with E-state index in [0.29, 0.717) is 49.1 Å². The molecule has 7 N–H and O–H groups in total. The lowest BCUT2D eigenvalue weighted by molar-refractivity contribution is -0.925. The monoisotopic (exact) mass is 762 g/mol. The van der Waals surface area contributed by atoms with E-state index in [1.807, 2.05) is 6.92 Å². The first-order valence-electron chi connectivity index (χ1n) is 16.3. The van der Waals surface area contributed by atoms with Gasteiger partial charge in [-0.2, -0.15) is 0 Å². The topological polar surface area (TPSA) is 245 Å². The number of amides is 3. The van der Waals surface area contributed by atoms with Gasteiger partial charge in [-0.25, -0.2) is 19.0 Å². The summed E-state index contributed by atoms with van der Waals surface area (Å²) in [4.78, 5) is 76.9. The molecule has 5 aliphatic heterocycles. The number of quaternary nitrogens is 1. The first-order valence-corrected chi connectivity index (χ1v) is 18.1. The lowest BCUT2D eigenvalue weighted by Crippen LogP contribution is -2.72. The summed E-state index contributed by atoms with van der Waals surface area (Å²) in [6.45, 7) is 6.58. The number of aromatic hydroxyl groups is 2. The van der Waals surface area contributed by atoms with E-state index in [2.05, 4.69) is 15.5 Å². The molecule has 2 bridgehead atoms. The van der Waals surface area contributed by atoms with Crippen LogP contribution in [0.2, 0.25) is 0 Å². The lowest BCUT2D eigenvalue weighted by atomic mass is 9.97. The molecule has 52 heavy (non-hydrogen) atoms. The number of carbonyl (C=O) groups is 5. The van der Waals surface area contributed by atoms with Crippen molar-refractivity contribution in [3.63, 3.8) is 0 Å². The number of phenolic OH excluding ortho intramolecular Hbond substituents is 2. The average molecular weight is 763 g/mol. The maximum absolute atomic E-state index is 14.2. The number of benzene rings is 1. The molecule has 6 heterocycles. The summed E-state index contributed by atoms with van der Waals surface area (Å²) in [5.74, 6) is -7.48. The summed E-state index contributed by atoms with van der Waals surface area (Å²) >= 11 is 2.31. The number of nitrogens with zero attached hydrogens (tertiary/aromatic N) is 5. The number of carboxylic acids is 2. The van der Waals surface area contributed by atoms with Gasteiger partial charge in [-0.3, -0.25) is 19.3 Å². The van der Waals surface area contributed by atoms with E-state index < -0.39 is 69.7 Å². The Morgan fingerprint density at radius 3 is 2.46 bits per heavy atom. The van der Waals surface area contributed by atoms with Gasteiger partial charge in [0.15, 0.2) is 28.2 Å². The van der Waals surface area contributed by atoms with E-state index in [1.165, 1.54) is 35.9 Å². The fourth-order valence-corrected chi connectivity index (χ4v) is 8.93. The van der Waals surface area contributed by atoms with Crippen LogP contribution in [0.15, 0.2) is 33.9 Å². The van der Waals surface area contributed by atoms with Crippen LogP contribution in [0, 0.1) is 5.82 Å². The van der Waals surface area contributed by atoms with Gasteiger partial charge in [0, 0.05) is 40.7 Å². The van der Waals surface area contributed by atoms with Crippen LogP contribution in [0.5, 0.6) is 11.5 Å². The molecule has 0 saturated carbocycles. The van der Waals surface area contributed by atoms with Crippen molar-refractivity contribution in [2.45, 2.75) is 61.9 Å². The number of hydrogen-bond acceptors (Lipinski definition) is 13. The number of oxime groups is 1. The van der Waals surface area contributed by atoms with Gasteiger partial charge in [0.05, 0.1) is 26.2 Å². The fraction of sp³-hybridized carbons (Fsp3) is 0.469. The number of anilines is 1. The number of halogens is 1. The van der Waals surface area contributed by atoms with Crippen molar-refractivity contribution < 1.29 is 58.1 Å². The number of carboxylic acid groups (broad SMARTS) is 2. The van der Waals surface area contributed by atoms with Crippen molar-refractivity contribution in [1.82, 2.24) is 20.1 Å². The predicted molar refractivity (Wildman–Crippen MR) is 184 cm³/mol. The van der Waals surface area contributed by atoms with Crippen molar-refractivity contribution in [2.75, 3.05) is 38.5 Å². The first kappa shape index (κ1) is 36.8. The molecule has 3 atom stereocenters.